The van der Waals surface area contributed by atoms with Gasteiger partial charge in [-0.3, -0.25) is 0 Å². The van der Waals surface area contributed by atoms with Crippen LogP contribution in [0.4, 0.5) is 0 Å². The SMILES string of the molecule is C/C=C\[C@@H]1CCS[C@H](OC)C1. The maximum atomic E-state index is 5.30. The number of allylic oxidation sites excluding steroid dienone is 2. The van der Waals surface area contributed by atoms with Gasteiger partial charge in [-0.25, -0.2) is 0 Å². The van der Waals surface area contributed by atoms with Crippen molar-refractivity contribution in [2.75, 3.05) is 12.9 Å². The monoisotopic (exact) mass is 172 g/mol. The molecule has 0 aromatic rings. The number of methoxy groups -OCH3 is 1. The maximum absolute atomic E-state index is 5.30. The van der Waals surface area contributed by atoms with E-state index in [9.17, 15) is 0 Å². The van der Waals surface area contributed by atoms with E-state index >= 15 is 0 Å². The second-order valence-electron chi connectivity index (χ2n) is 2.85. The first-order valence-corrected chi connectivity index (χ1v) is 5.19. The lowest BCUT2D eigenvalue weighted by Crippen LogP contribution is -2.18. The number of rotatable bonds is 2. The Balaban J connectivity index is 2.33. The van der Waals surface area contributed by atoms with E-state index in [0.29, 0.717) is 5.44 Å². The van der Waals surface area contributed by atoms with Crippen LogP contribution in [0.25, 0.3) is 0 Å². The van der Waals surface area contributed by atoms with Gasteiger partial charge in [0.05, 0.1) is 0 Å². The molecular weight excluding hydrogens is 156 g/mol. The number of hydrogen-bond donors (Lipinski definition) is 0. The van der Waals surface area contributed by atoms with Crippen molar-refractivity contribution in [1.29, 1.82) is 0 Å². The summed E-state index contributed by atoms with van der Waals surface area (Å²) in [7, 11) is 1.80. The van der Waals surface area contributed by atoms with Gasteiger partial charge in [-0.2, -0.15) is 0 Å². The van der Waals surface area contributed by atoms with E-state index < -0.39 is 0 Å². The Morgan fingerprint density at radius 3 is 3.00 bits per heavy atom. The summed E-state index contributed by atoms with van der Waals surface area (Å²) in [6, 6.07) is 0. The van der Waals surface area contributed by atoms with Gasteiger partial charge < -0.3 is 4.74 Å². The van der Waals surface area contributed by atoms with Crippen LogP contribution in [-0.4, -0.2) is 18.3 Å². The minimum atomic E-state index is 0.435. The van der Waals surface area contributed by atoms with E-state index in [1.165, 1.54) is 18.6 Å². The molecule has 1 heterocycles. The topological polar surface area (TPSA) is 9.23 Å². The van der Waals surface area contributed by atoms with E-state index in [1.807, 2.05) is 11.8 Å². The Hall–Kier alpha value is 0.0500. The zero-order chi connectivity index (χ0) is 8.10. The van der Waals surface area contributed by atoms with Crippen molar-refractivity contribution in [3.8, 4) is 0 Å². The molecule has 64 valence electrons. The van der Waals surface area contributed by atoms with Crippen molar-refractivity contribution in [1.82, 2.24) is 0 Å². The van der Waals surface area contributed by atoms with E-state index in [0.717, 1.165) is 5.92 Å². The maximum Gasteiger partial charge on any atom is 0.103 e. The van der Waals surface area contributed by atoms with Crippen LogP contribution < -0.4 is 0 Å². The Morgan fingerprint density at radius 1 is 1.55 bits per heavy atom. The molecule has 0 aromatic carbocycles. The largest absolute Gasteiger partial charge is 0.371 e. The molecule has 1 saturated heterocycles. The average Bonchev–Trinajstić information content (AvgIpc) is 2.06. The van der Waals surface area contributed by atoms with E-state index in [2.05, 4.69) is 19.1 Å². The fraction of sp³-hybridized carbons (Fsp3) is 0.778. The highest BCUT2D eigenvalue weighted by Crippen LogP contribution is 2.30. The predicted octanol–water partition coefficient (Wildman–Crippen LogP) is 2.68. The average molecular weight is 172 g/mol. The van der Waals surface area contributed by atoms with Crippen molar-refractivity contribution >= 4 is 11.8 Å². The second kappa shape index (κ2) is 4.83. The summed E-state index contributed by atoms with van der Waals surface area (Å²) in [6.45, 7) is 2.09. The van der Waals surface area contributed by atoms with Gasteiger partial charge in [-0.15, -0.1) is 11.8 Å². The van der Waals surface area contributed by atoms with Gasteiger partial charge >= 0.3 is 0 Å². The van der Waals surface area contributed by atoms with E-state index in [1.54, 1.807) is 7.11 Å². The fourth-order valence-electron chi connectivity index (χ4n) is 1.40. The van der Waals surface area contributed by atoms with Gasteiger partial charge in [-0.1, -0.05) is 12.2 Å². The first-order chi connectivity index (χ1) is 5.36. The third-order valence-corrected chi connectivity index (χ3v) is 3.24. The Labute approximate surface area is 73.2 Å². The molecule has 0 saturated carbocycles. The first-order valence-electron chi connectivity index (χ1n) is 4.14. The van der Waals surface area contributed by atoms with Crippen LogP contribution in [-0.2, 0) is 4.74 Å². The molecule has 2 atom stereocenters. The zero-order valence-electron chi connectivity index (χ0n) is 7.25. The number of hydrogen-bond acceptors (Lipinski definition) is 2. The minimum Gasteiger partial charge on any atom is -0.371 e. The molecule has 0 aromatic heterocycles. The van der Waals surface area contributed by atoms with Crippen molar-refractivity contribution in [2.45, 2.75) is 25.2 Å². The molecule has 0 unspecified atom stereocenters. The summed E-state index contributed by atoms with van der Waals surface area (Å²) in [6.07, 6.45) is 6.94. The summed E-state index contributed by atoms with van der Waals surface area (Å²) >= 11 is 1.94. The van der Waals surface area contributed by atoms with Gasteiger partial charge in [0, 0.05) is 7.11 Å². The Bertz CT molecular complexity index is 134. The van der Waals surface area contributed by atoms with Crippen LogP contribution in [0, 0.1) is 5.92 Å². The Morgan fingerprint density at radius 2 is 2.36 bits per heavy atom. The summed E-state index contributed by atoms with van der Waals surface area (Å²) in [5.41, 5.74) is 0.435. The highest BCUT2D eigenvalue weighted by Gasteiger charge is 2.19. The van der Waals surface area contributed by atoms with Crippen molar-refractivity contribution in [2.24, 2.45) is 5.92 Å². The molecule has 1 aliphatic rings. The van der Waals surface area contributed by atoms with Gasteiger partial charge in [0.15, 0.2) is 0 Å². The van der Waals surface area contributed by atoms with Crippen LogP contribution >= 0.6 is 11.8 Å². The number of ether oxygens (including phenoxy) is 1. The number of thioether (sulfide) groups is 1. The smallest absolute Gasteiger partial charge is 0.103 e. The fourth-order valence-corrected chi connectivity index (χ4v) is 2.62. The molecular formula is C9H16OS. The third-order valence-electron chi connectivity index (χ3n) is 2.02. The zero-order valence-corrected chi connectivity index (χ0v) is 8.06. The molecule has 0 spiro atoms. The van der Waals surface area contributed by atoms with Crippen LogP contribution in [0.3, 0.4) is 0 Å². The molecule has 1 fully saturated rings. The predicted molar refractivity (Wildman–Crippen MR) is 50.8 cm³/mol. The van der Waals surface area contributed by atoms with E-state index in [-0.39, 0.29) is 0 Å². The van der Waals surface area contributed by atoms with Crippen LogP contribution in [0.1, 0.15) is 19.8 Å². The standard InChI is InChI=1S/C9H16OS/c1-3-4-8-5-6-11-9(7-8)10-2/h3-4,8-9H,5-7H2,1-2H3/b4-3-/t8-,9+/m1/s1. The quantitative estimate of drug-likeness (QED) is 0.592. The summed E-state index contributed by atoms with van der Waals surface area (Å²) in [5.74, 6) is 2.00. The molecule has 0 radical (unpaired) electrons. The molecule has 0 N–H and O–H groups in total. The van der Waals surface area contributed by atoms with Crippen molar-refractivity contribution in [3.05, 3.63) is 12.2 Å². The lowest BCUT2D eigenvalue weighted by Gasteiger charge is -2.25. The molecule has 0 amide bonds. The van der Waals surface area contributed by atoms with Gasteiger partial charge in [0.2, 0.25) is 0 Å². The summed E-state index contributed by atoms with van der Waals surface area (Å²) in [4.78, 5) is 0. The van der Waals surface area contributed by atoms with Gasteiger partial charge in [0.1, 0.15) is 5.44 Å². The third kappa shape index (κ3) is 2.88. The second-order valence-corrected chi connectivity index (χ2v) is 4.11. The molecule has 0 aliphatic carbocycles. The highest BCUT2D eigenvalue weighted by molar-refractivity contribution is 7.99. The molecule has 1 nitrogen and oxygen atoms in total. The highest BCUT2D eigenvalue weighted by atomic mass is 32.2. The van der Waals surface area contributed by atoms with Crippen LogP contribution in [0.2, 0.25) is 0 Å². The van der Waals surface area contributed by atoms with Crippen molar-refractivity contribution < 1.29 is 4.74 Å². The Kier molecular flexibility index (Phi) is 4.02. The minimum absolute atomic E-state index is 0.435. The summed E-state index contributed by atoms with van der Waals surface area (Å²) < 4.78 is 5.30. The molecule has 11 heavy (non-hydrogen) atoms. The molecule has 1 rings (SSSR count). The normalized spacial score (nSPS) is 32.9. The molecule has 2 heteroatoms. The molecule has 1 aliphatic heterocycles. The van der Waals surface area contributed by atoms with Gasteiger partial charge in [0.25, 0.3) is 0 Å². The lowest BCUT2D eigenvalue weighted by atomic mass is 10.0. The lowest BCUT2D eigenvalue weighted by molar-refractivity contribution is 0.150. The first kappa shape index (κ1) is 9.14. The van der Waals surface area contributed by atoms with Crippen LogP contribution in [0.15, 0.2) is 12.2 Å². The van der Waals surface area contributed by atoms with Gasteiger partial charge in [-0.05, 0) is 31.4 Å². The van der Waals surface area contributed by atoms with Crippen LogP contribution in [0.5, 0.6) is 0 Å². The summed E-state index contributed by atoms with van der Waals surface area (Å²) in [5, 5.41) is 0. The van der Waals surface area contributed by atoms with Crippen molar-refractivity contribution in [3.63, 3.8) is 0 Å². The molecule has 0 bridgehead atoms. The van der Waals surface area contributed by atoms with E-state index in [4.69, 9.17) is 4.74 Å².